The molecule has 3 heteroatoms. The van der Waals surface area contributed by atoms with Gasteiger partial charge in [-0.05, 0) is 0 Å². The molecule has 0 aromatic rings. The van der Waals surface area contributed by atoms with Crippen LogP contribution < -0.4 is 51.4 Å². The Bertz CT molecular complexity index is 8.00. The van der Waals surface area contributed by atoms with Gasteiger partial charge in [-0.15, -0.1) is 7.05 Å². The van der Waals surface area contributed by atoms with E-state index in [0.29, 0.717) is 0 Å². The Morgan fingerprint density at radius 3 is 1.75 bits per heavy atom. The summed E-state index contributed by atoms with van der Waals surface area (Å²) in [4.78, 5) is 0. The van der Waals surface area contributed by atoms with E-state index in [1.54, 1.807) is 0 Å². The van der Waals surface area contributed by atoms with Crippen molar-refractivity contribution in [1.82, 2.24) is 0 Å². The van der Waals surface area contributed by atoms with Gasteiger partial charge < -0.3 is 10.7 Å². The molecule has 2 nitrogen and oxygen atoms in total. The molecular weight excluding hydrogens is 81.1 g/mol. The van der Waals surface area contributed by atoms with Crippen LogP contribution in [0.1, 0.15) is 0 Å². The molecule has 0 amide bonds. The second kappa shape index (κ2) is 8.82. The summed E-state index contributed by atoms with van der Waals surface area (Å²) in [6.07, 6.45) is 0. The van der Waals surface area contributed by atoms with Crippen LogP contribution in [0.5, 0.6) is 0 Å². The van der Waals surface area contributed by atoms with Crippen LogP contribution in [0.4, 0.5) is 0 Å². The van der Waals surface area contributed by atoms with Gasteiger partial charge in [-0.1, -0.05) is 0 Å². The first-order chi connectivity index (χ1) is 1.41. The molecule has 0 spiro atoms. The van der Waals surface area contributed by atoms with Crippen LogP contribution in [0.25, 0.3) is 5.48 Å². The van der Waals surface area contributed by atoms with Crippen molar-refractivity contribution >= 4 is 0 Å². The molecule has 0 aliphatic carbocycles. The van der Waals surface area contributed by atoms with Crippen LogP contribution in [-0.2, 0) is 0 Å². The van der Waals surface area contributed by atoms with Crippen molar-refractivity contribution in [2.75, 3.05) is 7.05 Å². The average Bonchev–Trinajstić information content (AvgIpc) is 0.918. The van der Waals surface area contributed by atoms with E-state index in [0.717, 1.165) is 0 Å². The predicted octanol–water partition coefficient (Wildman–Crippen LogP) is -2.62. The van der Waals surface area contributed by atoms with Gasteiger partial charge in [0.1, 0.15) is 0 Å². The van der Waals surface area contributed by atoms with E-state index in [1.807, 2.05) is 0 Å². The third-order valence-corrected chi connectivity index (χ3v) is 0. The first-order valence-electron chi connectivity index (χ1n) is 0.647. The molecule has 0 saturated carbocycles. The summed E-state index contributed by atoms with van der Waals surface area (Å²) in [5.74, 6) is 0. The number of hydrogen-bond donors (Lipinski definition) is 1. The first-order valence-corrected chi connectivity index (χ1v) is 0.647. The van der Waals surface area contributed by atoms with E-state index in [-0.39, 0.29) is 51.4 Å². The average molecular weight is 85.1 g/mol. The molecular formula is CH4KNO. The van der Waals surface area contributed by atoms with Crippen LogP contribution in [0.2, 0.25) is 0 Å². The van der Waals surface area contributed by atoms with Gasteiger partial charge in [0.25, 0.3) is 0 Å². The fourth-order valence-electron chi connectivity index (χ4n) is 0. The molecule has 0 aliphatic heterocycles. The first kappa shape index (κ1) is 9.12. The third-order valence-electron chi connectivity index (χ3n) is 0. The maximum atomic E-state index is 7.19. The molecule has 0 fully saturated rings. The summed E-state index contributed by atoms with van der Waals surface area (Å²) in [7, 11) is 1.31. The van der Waals surface area contributed by atoms with Gasteiger partial charge in [0.2, 0.25) is 0 Å². The van der Waals surface area contributed by atoms with Crippen LogP contribution in [0.3, 0.4) is 0 Å². The van der Waals surface area contributed by atoms with Gasteiger partial charge in [0.05, 0.1) is 0 Å². The zero-order valence-electron chi connectivity index (χ0n) is 2.89. The van der Waals surface area contributed by atoms with Gasteiger partial charge >= 0.3 is 51.4 Å². The molecule has 0 atom stereocenters. The molecule has 0 radical (unpaired) electrons. The van der Waals surface area contributed by atoms with E-state index in [2.05, 4.69) is 5.48 Å². The fourth-order valence-corrected chi connectivity index (χ4v) is 0. The van der Waals surface area contributed by atoms with E-state index >= 15 is 0 Å². The van der Waals surface area contributed by atoms with Gasteiger partial charge in [-0.3, -0.25) is 0 Å². The standard InChI is InChI=1S/CH4NO.K/c1-2-3;/h3H,1H3;/q-1;+1. The molecule has 0 rings (SSSR count). The van der Waals surface area contributed by atoms with Crippen molar-refractivity contribution in [3.63, 3.8) is 0 Å². The van der Waals surface area contributed by atoms with E-state index < -0.39 is 0 Å². The zero-order chi connectivity index (χ0) is 2.71. The van der Waals surface area contributed by atoms with Crippen molar-refractivity contribution in [2.24, 2.45) is 0 Å². The quantitative estimate of drug-likeness (QED) is 0.254. The maximum Gasteiger partial charge on any atom is 1.00 e. The van der Waals surface area contributed by atoms with Gasteiger partial charge in [-0.2, -0.15) is 0 Å². The van der Waals surface area contributed by atoms with Crippen LogP contribution in [0, 0.1) is 0 Å². The second-order valence-electron chi connectivity index (χ2n) is 0.200. The molecule has 0 unspecified atom stereocenters. The van der Waals surface area contributed by atoms with E-state index in [9.17, 15) is 0 Å². The summed E-state index contributed by atoms with van der Waals surface area (Å²) in [6.45, 7) is 0. The number of nitrogens with zero attached hydrogens (tertiary/aromatic N) is 1. The Kier molecular flexibility index (Phi) is 20.1. The largest absolute Gasteiger partial charge is 1.00 e. The zero-order valence-corrected chi connectivity index (χ0v) is 6.02. The smallest absolute Gasteiger partial charge is 0.540 e. The maximum absolute atomic E-state index is 7.19. The van der Waals surface area contributed by atoms with Crippen molar-refractivity contribution in [3.8, 4) is 0 Å². The minimum Gasteiger partial charge on any atom is -0.540 e. The summed E-state index contributed by atoms with van der Waals surface area (Å²) in [5, 5.41) is 7.19. The molecule has 4 heavy (non-hydrogen) atoms. The summed E-state index contributed by atoms with van der Waals surface area (Å²) in [6, 6.07) is 0. The third kappa shape index (κ3) is 9.59. The molecule has 20 valence electrons. The Balaban J connectivity index is 0. The Hall–Kier alpha value is 1.56. The minimum atomic E-state index is 0. The molecule has 0 aromatic heterocycles. The van der Waals surface area contributed by atoms with Gasteiger partial charge in [0.15, 0.2) is 0 Å². The van der Waals surface area contributed by atoms with Crippen molar-refractivity contribution in [2.45, 2.75) is 0 Å². The Morgan fingerprint density at radius 2 is 1.75 bits per heavy atom. The SMILES string of the molecule is C[N-]O.[K+]. The monoisotopic (exact) mass is 85.0 g/mol. The van der Waals surface area contributed by atoms with E-state index in [1.165, 1.54) is 7.05 Å². The molecule has 0 heterocycles. The predicted molar refractivity (Wildman–Crippen MR) is 11.1 cm³/mol. The fraction of sp³-hybridized carbons (Fsp3) is 1.00. The van der Waals surface area contributed by atoms with Crippen molar-refractivity contribution in [3.05, 3.63) is 5.48 Å². The second-order valence-corrected chi connectivity index (χ2v) is 0.200. The van der Waals surface area contributed by atoms with Gasteiger partial charge in [-0.25, -0.2) is 0 Å². The Labute approximate surface area is 68.0 Å². The molecule has 0 saturated heterocycles. The normalized spacial score (nSPS) is 4.50. The number of hydrogen-bond acceptors (Lipinski definition) is 1. The van der Waals surface area contributed by atoms with Crippen LogP contribution in [0.15, 0.2) is 0 Å². The summed E-state index contributed by atoms with van der Waals surface area (Å²) in [5.41, 5.74) is 2.50. The van der Waals surface area contributed by atoms with Crippen molar-refractivity contribution < 1.29 is 56.6 Å². The summed E-state index contributed by atoms with van der Waals surface area (Å²) >= 11 is 0. The summed E-state index contributed by atoms with van der Waals surface area (Å²) < 4.78 is 0. The molecule has 1 N–H and O–H groups in total. The topological polar surface area (TPSA) is 34.3 Å². The van der Waals surface area contributed by atoms with Crippen molar-refractivity contribution in [1.29, 1.82) is 0 Å². The molecule has 0 aromatic carbocycles. The number of rotatable bonds is 0. The van der Waals surface area contributed by atoms with Gasteiger partial charge in [0, 0.05) is 0 Å². The molecule has 0 aliphatic rings. The van der Waals surface area contributed by atoms with E-state index in [4.69, 9.17) is 5.21 Å². The van der Waals surface area contributed by atoms with Crippen LogP contribution >= 0.6 is 0 Å². The van der Waals surface area contributed by atoms with Crippen LogP contribution in [-0.4, -0.2) is 12.3 Å². The number of hydroxylamine groups is 1. The molecule has 0 bridgehead atoms. The Morgan fingerprint density at radius 1 is 1.75 bits per heavy atom. The minimum absolute atomic E-state index is 0.